The SMILES string of the molecule is CCCCCCCCCCCCCCCCCc1cccc(OC)c1OC. The van der Waals surface area contributed by atoms with Gasteiger partial charge in [0.15, 0.2) is 11.5 Å². The van der Waals surface area contributed by atoms with Crippen LogP contribution < -0.4 is 9.47 Å². The van der Waals surface area contributed by atoms with Gasteiger partial charge in [-0.05, 0) is 24.5 Å². The van der Waals surface area contributed by atoms with Crippen molar-refractivity contribution >= 4 is 0 Å². The molecule has 0 aliphatic rings. The van der Waals surface area contributed by atoms with Gasteiger partial charge in [-0.1, -0.05) is 109 Å². The van der Waals surface area contributed by atoms with Crippen molar-refractivity contribution in [3.05, 3.63) is 23.8 Å². The molecule has 0 spiro atoms. The number of hydrogen-bond acceptors (Lipinski definition) is 2. The molecule has 0 bridgehead atoms. The minimum Gasteiger partial charge on any atom is -0.493 e. The van der Waals surface area contributed by atoms with Gasteiger partial charge in [-0.3, -0.25) is 0 Å². The molecule has 0 saturated heterocycles. The molecule has 2 heteroatoms. The largest absolute Gasteiger partial charge is 0.493 e. The fourth-order valence-electron chi connectivity index (χ4n) is 3.84. The Kier molecular flexibility index (Phi) is 15.0. The first kappa shape index (κ1) is 23.9. The lowest BCUT2D eigenvalue weighted by atomic mass is 10.0. The molecule has 0 saturated carbocycles. The van der Waals surface area contributed by atoms with Gasteiger partial charge in [0.05, 0.1) is 14.2 Å². The number of para-hydroxylation sites is 1. The van der Waals surface area contributed by atoms with Crippen LogP contribution in [0.25, 0.3) is 0 Å². The summed E-state index contributed by atoms with van der Waals surface area (Å²) < 4.78 is 10.9. The van der Waals surface area contributed by atoms with Crippen LogP contribution in [0.5, 0.6) is 11.5 Å². The Bertz CT molecular complexity index is 456. The van der Waals surface area contributed by atoms with E-state index in [1.165, 1.54) is 102 Å². The van der Waals surface area contributed by atoms with Crippen molar-refractivity contribution in [2.75, 3.05) is 14.2 Å². The summed E-state index contributed by atoms with van der Waals surface area (Å²) in [5.41, 5.74) is 1.27. The summed E-state index contributed by atoms with van der Waals surface area (Å²) in [4.78, 5) is 0. The van der Waals surface area contributed by atoms with E-state index in [0.717, 1.165) is 17.9 Å². The summed E-state index contributed by atoms with van der Waals surface area (Å²) >= 11 is 0. The van der Waals surface area contributed by atoms with Crippen LogP contribution in [0, 0.1) is 0 Å². The molecule has 0 radical (unpaired) electrons. The molecule has 0 N–H and O–H groups in total. The minimum atomic E-state index is 0.843. The smallest absolute Gasteiger partial charge is 0.163 e. The third-order valence-electron chi connectivity index (χ3n) is 5.53. The van der Waals surface area contributed by atoms with Gasteiger partial charge < -0.3 is 9.47 Å². The molecular weight excluding hydrogens is 332 g/mol. The third kappa shape index (κ3) is 11.3. The first-order valence-corrected chi connectivity index (χ1v) is 11.5. The highest BCUT2D eigenvalue weighted by Gasteiger charge is 2.08. The molecule has 1 aromatic carbocycles. The van der Waals surface area contributed by atoms with E-state index in [1.54, 1.807) is 14.2 Å². The van der Waals surface area contributed by atoms with Crippen LogP contribution in [0.3, 0.4) is 0 Å². The number of hydrogen-bond donors (Lipinski definition) is 0. The molecule has 0 unspecified atom stereocenters. The second kappa shape index (κ2) is 17.0. The maximum atomic E-state index is 5.52. The first-order chi connectivity index (χ1) is 13.3. The highest BCUT2D eigenvalue weighted by Crippen LogP contribution is 2.31. The Hall–Kier alpha value is -1.18. The molecule has 0 atom stereocenters. The molecule has 0 aromatic heterocycles. The van der Waals surface area contributed by atoms with Gasteiger partial charge in [0.2, 0.25) is 0 Å². The van der Waals surface area contributed by atoms with Crippen LogP contribution in [0.1, 0.15) is 109 Å². The van der Waals surface area contributed by atoms with E-state index in [2.05, 4.69) is 19.1 Å². The van der Waals surface area contributed by atoms with Crippen molar-refractivity contribution in [2.24, 2.45) is 0 Å². The van der Waals surface area contributed by atoms with Gasteiger partial charge in [0.25, 0.3) is 0 Å². The highest BCUT2D eigenvalue weighted by molar-refractivity contribution is 5.46. The van der Waals surface area contributed by atoms with Gasteiger partial charge in [-0.2, -0.15) is 0 Å². The molecule has 1 rings (SSSR count). The van der Waals surface area contributed by atoms with Crippen molar-refractivity contribution in [1.82, 2.24) is 0 Å². The number of unbranched alkanes of at least 4 members (excludes halogenated alkanes) is 14. The van der Waals surface area contributed by atoms with Crippen LogP contribution in [0.2, 0.25) is 0 Å². The van der Waals surface area contributed by atoms with Crippen molar-refractivity contribution < 1.29 is 9.47 Å². The minimum absolute atomic E-state index is 0.843. The van der Waals surface area contributed by atoms with Gasteiger partial charge in [0.1, 0.15) is 0 Å². The summed E-state index contributed by atoms with van der Waals surface area (Å²) in [5, 5.41) is 0. The summed E-state index contributed by atoms with van der Waals surface area (Å²) in [5.74, 6) is 1.75. The van der Waals surface area contributed by atoms with Gasteiger partial charge in [-0.25, -0.2) is 0 Å². The van der Waals surface area contributed by atoms with E-state index < -0.39 is 0 Å². The van der Waals surface area contributed by atoms with E-state index in [9.17, 15) is 0 Å². The third-order valence-corrected chi connectivity index (χ3v) is 5.53. The average molecular weight is 377 g/mol. The zero-order valence-corrected chi connectivity index (χ0v) is 18.4. The maximum absolute atomic E-state index is 5.52. The second-order valence-corrected chi connectivity index (χ2v) is 7.85. The Morgan fingerprint density at radius 3 is 1.52 bits per heavy atom. The summed E-state index contributed by atoms with van der Waals surface area (Å²) in [6, 6.07) is 6.18. The molecule has 0 amide bonds. The van der Waals surface area contributed by atoms with Crippen molar-refractivity contribution in [3.63, 3.8) is 0 Å². The molecule has 27 heavy (non-hydrogen) atoms. The second-order valence-electron chi connectivity index (χ2n) is 7.85. The monoisotopic (exact) mass is 376 g/mol. The Morgan fingerprint density at radius 2 is 1.07 bits per heavy atom. The van der Waals surface area contributed by atoms with E-state index >= 15 is 0 Å². The van der Waals surface area contributed by atoms with Crippen LogP contribution >= 0.6 is 0 Å². The quantitative estimate of drug-likeness (QED) is 0.241. The number of methoxy groups -OCH3 is 2. The lowest BCUT2D eigenvalue weighted by molar-refractivity contribution is 0.351. The number of ether oxygens (including phenoxy) is 2. The Balaban J connectivity index is 1.92. The van der Waals surface area contributed by atoms with E-state index in [1.807, 2.05) is 6.07 Å². The van der Waals surface area contributed by atoms with Gasteiger partial charge in [0, 0.05) is 0 Å². The predicted molar refractivity (Wildman–Crippen MR) is 118 cm³/mol. The van der Waals surface area contributed by atoms with Crippen LogP contribution in [0.4, 0.5) is 0 Å². The first-order valence-electron chi connectivity index (χ1n) is 11.5. The van der Waals surface area contributed by atoms with E-state index in [-0.39, 0.29) is 0 Å². The van der Waals surface area contributed by atoms with E-state index in [0.29, 0.717) is 0 Å². The topological polar surface area (TPSA) is 18.5 Å². The summed E-state index contributed by atoms with van der Waals surface area (Å²) in [6.07, 6.45) is 22.2. The van der Waals surface area contributed by atoms with Gasteiger partial charge in [-0.15, -0.1) is 0 Å². The molecule has 2 nitrogen and oxygen atoms in total. The summed E-state index contributed by atoms with van der Waals surface area (Å²) in [7, 11) is 3.43. The lowest BCUT2D eigenvalue weighted by Crippen LogP contribution is -1.96. The molecule has 1 aromatic rings. The highest BCUT2D eigenvalue weighted by atomic mass is 16.5. The van der Waals surface area contributed by atoms with Crippen molar-refractivity contribution in [3.8, 4) is 11.5 Å². The Labute approximate surface area is 169 Å². The molecule has 0 heterocycles. The van der Waals surface area contributed by atoms with Crippen LogP contribution in [-0.2, 0) is 6.42 Å². The Morgan fingerprint density at radius 1 is 0.593 bits per heavy atom. The number of aryl methyl sites for hydroxylation is 1. The van der Waals surface area contributed by atoms with Crippen molar-refractivity contribution in [1.29, 1.82) is 0 Å². The molecular formula is C25H44O2. The average Bonchev–Trinajstić information content (AvgIpc) is 2.70. The fraction of sp³-hybridized carbons (Fsp3) is 0.760. The van der Waals surface area contributed by atoms with Crippen LogP contribution in [0.15, 0.2) is 18.2 Å². The van der Waals surface area contributed by atoms with Gasteiger partial charge >= 0.3 is 0 Å². The normalized spacial score (nSPS) is 10.9. The van der Waals surface area contributed by atoms with E-state index in [4.69, 9.17) is 9.47 Å². The zero-order valence-electron chi connectivity index (χ0n) is 18.4. The molecule has 0 fully saturated rings. The molecule has 0 aliphatic heterocycles. The number of benzene rings is 1. The maximum Gasteiger partial charge on any atom is 0.163 e. The van der Waals surface area contributed by atoms with Crippen LogP contribution in [-0.4, -0.2) is 14.2 Å². The standard InChI is InChI=1S/C25H44O2/c1-4-5-6-7-8-9-10-11-12-13-14-15-16-17-18-20-23-21-19-22-24(26-2)25(23)27-3/h19,21-22H,4-18,20H2,1-3H3. The molecule has 156 valence electrons. The zero-order chi connectivity index (χ0) is 19.6. The summed E-state index contributed by atoms with van der Waals surface area (Å²) in [6.45, 7) is 2.29. The number of rotatable bonds is 18. The fourth-order valence-corrected chi connectivity index (χ4v) is 3.84. The predicted octanol–water partition coefficient (Wildman–Crippen LogP) is 8.12. The van der Waals surface area contributed by atoms with Crippen molar-refractivity contribution in [2.45, 2.75) is 110 Å². The lowest BCUT2D eigenvalue weighted by Gasteiger charge is -2.12. The molecule has 0 aliphatic carbocycles.